The van der Waals surface area contributed by atoms with Crippen molar-refractivity contribution in [1.82, 2.24) is 5.32 Å². The number of hydrogen-bond donors (Lipinski definition) is 1. The topological polar surface area (TPSA) is 12.0 Å². The van der Waals surface area contributed by atoms with E-state index in [1.165, 1.54) is 29.3 Å². The SMILES string of the molecule is CC(C)(C)NCCCCCc1cc(Br)ccc1Br. The molecule has 0 saturated heterocycles. The standard InChI is InChI=1S/C15H23Br2N/c1-15(2,3)18-10-6-4-5-7-12-11-13(16)8-9-14(12)17/h8-9,11,18H,4-7,10H2,1-3H3. The quantitative estimate of drug-likeness (QED) is 0.663. The predicted octanol–water partition coefficient (Wildman–Crippen LogP) is 5.31. The molecule has 0 bridgehead atoms. The molecule has 1 nitrogen and oxygen atoms in total. The van der Waals surface area contributed by atoms with Gasteiger partial charge >= 0.3 is 0 Å². The molecule has 0 unspecified atom stereocenters. The number of unbranched alkanes of at least 4 members (excludes halogenated alkanes) is 2. The van der Waals surface area contributed by atoms with Crippen LogP contribution in [-0.4, -0.2) is 12.1 Å². The van der Waals surface area contributed by atoms with Crippen LogP contribution >= 0.6 is 31.9 Å². The lowest BCUT2D eigenvalue weighted by Gasteiger charge is -2.20. The average molecular weight is 377 g/mol. The largest absolute Gasteiger partial charge is 0.312 e. The van der Waals surface area contributed by atoms with Crippen molar-refractivity contribution in [2.24, 2.45) is 0 Å². The number of halogens is 2. The Morgan fingerprint density at radius 2 is 1.78 bits per heavy atom. The highest BCUT2D eigenvalue weighted by Crippen LogP contribution is 2.23. The number of aryl methyl sites for hydroxylation is 1. The van der Waals surface area contributed by atoms with E-state index in [-0.39, 0.29) is 5.54 Å². The molecule has 0 aliphatic heterocycles. The maximum absolute atomic E-state index is 3.61. The second kappa shape index (κ2) is 7.66. The molecule has 0 aromatic heterocycles. The van der Waals surface area contributed by atoms with Crippen molar-refractivity contribution in [3.05, 3.63) is 32.7 Å². The van der Waals surface area contributed by atoms with Gasteiger partial charge in [0.1, 0.15) is 0 Å². The van der Waals surface area contributed by atoms with Crippen LogP contribution in [0.25, 0.3) is 0 Å². The molecule has 0 radical (unpaired) electrons. The highest BCUT2D eigenvalue weighted by molar-refractivity contribution is 9.11. The molecule has 1 aromatic rings. The Morgan fingerprint density at radius 1 is 1.06 bits per heavy atom. The zero-order chi connectivity index (χ0) is 13.6. The van der Waals surface area contributed by atoms with Crippen molar-refractivity contribution in [3.63, 3.8) is 0 Å². The van der Waals surface area contributed by atoms with Crippen molar-refractivity contribution in [3.8, 4) is 0 Å². The Bertz CT molecular complexity index is 369. The molecule has 0 spiro atoms. The molecule has 0 saturated carbocycles. The highest BCUT2D eigenvalue weighted by Gasteiger charge is 2.07. The van der Waals surface area contributed by atoms with Crippen LogP contribution in [-0.2, 0) is 6.42 Å². The second-order valence-electron chi connectivity index (χ2n) is 5.72. The molecule has 0 aliphatic carbocycles. The Balaban J connectivity index is 2.20. The fraction of sp³-hybridized carbons (Fsp3) is 0.600. The van der Waals surface area contributed by atoms with Crippen LogP contribution in [0.4, 0.5) is 0 Å². The predicted molar refractivity (Wildman–Crippen MR) is 87.2 cm³/mol. The first-order valence-corrected chi connectivity index (χ1v) is 8.16. The van der Waals surface area contributed by atoms with Gasteiger partial charge in [0.2, 0.25) is 0 Å². The molecule has 102 valence electrons. The molecule has 1 N–H and O–H groups in total. The summed E-state index contributed by atoms with van der Waals surface area (Å²) >= 11 is 7.13. The highest BCUT2D eigenvalue weighted by atomic mass is 79.9. The van der Waals surface area contributed by atoms with Crippen molar-refractivity contribution >= 4 is 31.9 Å². The number of nitrogens with one attached hydrogen (secondary N) is 1. The molecule has 1 aromatic carbocycles. The van der Waals surface area contributed by atoms with E-state index < -0.39 is 0 Å². The first kappa shape index (κ1) is 16.2. The van der Waals surface area contributed by atoms with E-state index in [9.17, 15) is 0 Å². The Kier molecular flexibility index (Phi) is 6.89. The lowest BCUT2D eigenvalue weighted by molar-refractivity contribution is 0.417. The maximum atomic E-state index is 3.61. The Labute approximate surface area is 128 Å². The summed E-state index contributed by atoms with van der Waals surface area (Å²) in [6.45, 7) is 7.76. The zero-order valence-corrected chi connectivity index (χ0v) is 14.7. The zero-order valence-electron chi connectivity index (χ0n) is 11.5. The molecule has 18 heavy (non-hydrogen) atoms. The molecule has 1 rings (SSSR count). The van der Waals surface area contributed by atoms with Crippen molar-refractivity contribution in [2.45, 2.75) is 52.0 Å². The third-order valence-corrected chi connectivity index (χ3v) is 4.05. The van der Waals surface area contributed by atoms with Gasteiger partial charge in [0.15, 0.2) is 0 Å². The molecule has 0 atom stereocenters. The van der Waals surface area contributed by atoms with Crippen LogP contribution in [0.2, 0.25) is 0 Å². The molecule has 0 fully saturated rings. The Morgan fingerprint density at radius 3 is 2.44 bits per heavy atom. The van der Waals surface area contributed by atoms with Gasteiger partial charge in [0, 0.05) is 14.5 Å². The summed E-state index contributed by atoms with van der Waals surface area (Å²) in [5.74, 6) is 0. The van der Waals surface area contributed by atoms with Gasteiger partial charge in [0.25, 0.3) is 0 Å². The van der Waals surface area contributed by atoms with Gasteiger partial charge in [-0.25, -0.2) is 0 Å². The maximum Gasteiger partial charge on any atom is 0.0208 e. The van der Waals surface area contributed by atoms with E-state index in [4.69, 9.17) is 0 Å². The van der Waals surface area contributed by atoms with Crippen LogP contribution in [0.15, 0.2) is 27.1 Å². The smallest absolute Gasteiger partial charge is 0.0208 e. The molecule has 0 amide bonds. The van der Waals surface area contributed by atoms with E-state index >= 15 is 0 Å². The summed E-state index contributed by atoms with van der Waals surface area (Å²) in [5, 5.41) is 3.52. The van der Waals surface area contributed by atoms with Gasteiger partial charge in [-0.3, -0.25) is 0 Å². The molecular formula is C15H23Br2N. The molecule has 0 heterocycles. The van der Waals surface area contributed by atoms with Crippen molar-refractivity contribution < 1.29 is 0 Å². The average Bonchev–Trinajstić information content (AvgIpc) is 2.26. The van der Waals surface area contributed by atoms with Crippen LogP contribution < -0.4 is 5.32 Å². The fourth-order valence-electron chi connectivity index (χ4n) is 1.82. The van der Waals surface area contributed by atoms with Crippen LogP contribution in [0.5, 0.6) is 0 Å². The van der Waals surface area contributed by atoms with Gasteiger partial charge < -0.3 is 5.32 Å². The van der Waals surface area contributed by atoms with Crippen LogP contribution in [0.3, 0.4) is 0 Å². The summed E-state index contributed by atoms with van der Waals surface area (Å²) in [5.41, 5.74) is 1.64. The number of rotatable bonds is 6. The van der Waals surface area contributed by atoms with Crippen molar-refractivity contribution in [2.75, 3.05) is 6.54 Å². The van der Waals surface area contributed by atoms with E-state index in [1.807, 2.05) is 0 Å². The molecular weight excluding hydrogens is 354 g/mol. The minimum Gasteiger partial charge on any atom is -0.312 e. The summed E-state index contributed by atoms with van der Waals surface area (Å²) in [6.07, 6.45) is 4.93. The first-order chi connectivity index (χ1) is 8.38. The molecule has 0 aliphatic rings. The third kappa shape index (κ3) is 6.91. The minimum absolute atomic E-state index is 0.243. The van der Waals surface area contributed by atoms with E-state index in [0.29, 0.717) is 0 Å². The third-order valence-electron chi connectivity index (χ3n) is 2.79. The Hall–Kier alpha value is 0.140. The molecule has 3 heteroatoms. The summed E-state index contributed by atoms with van der Waals surface area (Å²) < 4.78 is 2.38. The van der Waals surface area contributed by atoms with Crippen LogP contribution in [0, 0.1) is 0 Å². The normalized spacial score (nSPS) is 11.8. The number of hydrogen-bond acceptors (Lipinski definition) is 1. The monoisotopic (exact) mass is 375 g/mol. The van der Waals surface area contributed by atoms with Gasteiger partial charge in [-0.15, -0.1) is 0 Å². The van der Waals surface area contributed by atoms with Gasteiger partial charge in [-0.05, 0) is 70.3 Å². The summed E-state index contributed by atoms with van der Waals surface area (Å²) in [7, 11) is 0. The van der Waals surface area contributed by atoms with E-state index in [0.717, 1.165) is 17.4 Å². The van der Waals surface area contributed by atoms with Crippen LogP contribution in [0.1, 0.15) is 45.6 Å². The van der Waals surface area contributed by atoms with E-state index in [1.54, 1.807) is 0 Å². The van der Waals surface area contributed by atoms with Crippen molar-refractivity contribution in [1.29, 1.82) is 0 Å². The second-order valence-corrected chi connectivity index (χ2v) is 7.49. The van der Waals surface area contributed by atoms with Gasteiger partial charge in [-0.2, -0.15) is 0 Å². The van der Waals surface area contributed by atoms with Gasteiger partial charge in [0.05, 0.1) is 0 Å². The number of benzene rings is 1. The summed E-state index contributed by atoms with van der Waals surface area (Å²) in [4.78, 5) is 0. The minimum atomic E-state index is 0.243. The summed E-state index contributed by atoms with van der Waals surface area (Å²) in [6, 6.07) is 6.39. The van der Waals surface area contributed by atoms with Gasteiger partial charge in [-0.1, -0.05) is 38.3 Å². The first-order valence-electron chi connectivity index (χ1n) is 6.57. The lowest BCUT2D eigenvalue weighted by Crippen LogP contribution is -2.36. The fourth-order valence-corrected chi connectivity index (χ4v) is 2.67. The lowest BCUT2D eigenvalue weighted by atomic mass is 10.1. The van der Waals surface area contributed by atoms with E-state index in [2.05, 4.69) is 76.1 Å².